The predicted molar refractivity (Wildman–Crippen MR) is 153 cm³/mol. The second kappa shape index (κ2) is 10.3. The summed E-state index contributed by atoms with van der Waals surface area (Å²) in [6.45, 7) is 2.89. The molecule has 1 saturated heterocycles. The Kier molecular flexibility index (Phi) is 6.24. The van der Waals surface area contributed by atoms with Gasteiger partial charge in [0.25, 0.3) is 5.89 Å². The smallest absolute Gasteiger partial charge is 0.257 e. The van der Waals surface area contributed by atoms with E-state index in [1.807, 2.05) is 77.7 Å². The van der Waals surface area contributed by atoms with Crippen LogP contribution in [0.1, 0.15) is 29.3 Å². The van der Waals surface area contributed by atoms with Crippen LogP contribution in [0.2, 0.25) is 0 Å². The number of aromatic amines is 1. The number of nitrogens with one attached hydrogen (secondary N) is 1. The summed E-state index contributed by atoms with van der Waals surface area (Å²) in [7, 11) is 0. The predicted octanol–water partition coefficient (Wildman–Crippen LogP) is 6.29. The van der Waals surface area contributed by atoms with Crippen LogP contribution in [0.5, 0.6) is 11.5 Å². The average Bonchev–Trinajstić information content (AvgIpc) is 3.73. The van der Waals surface area contributed by atoms with Crippen molar-refractivity contribution in [1.29, 1.82) is 0 Å². The first-order valence-electron chi connectivity index (χ1n) is 13.4. The zero-order chi connectivity index (χ0) is 27.8. The maximum atomic E-state index is 13.0. The summed E-state index contributed by atoms with van der Waals surface area (Å²) < 4.78 is 11.7. The van der Waals surface area contributed by atoms with Crippen LogP contribution in [0.25, 0.3) is 34.0 Å². The number of carbonyl (C=O) groups excluding carboxylic acids is 1. The van der Waals surface area contributed by atoms with Crippen molar-refractivity contribution in [3.05, 3.63) is 108 Å². The van der Waals surface area contributed by atoms with Gasteiger partial charge < -0.3 is 19.1 Å². The van der Waals surface area contributed by atoms with Crippen LogP contribution in [-0.2, 0) is 11.3 Å². The first-order chi connectivity index (χ1) is 20.1. The fraction of sp³-hybridized carbons (Fsp3) is 0.156. The molecule has 1 fully saturated rings. The number of nitrogens with zero attached hydrogens (tertiary/aromatic N) is 5. The number of ether oxygens (including phenoxy) is 1. The Hall–Kier alpha value is -5.31. The van der Waals surface area contributed by atoms with Gasteiger partial charge in [0.05, 0.1) is 5.52 Å². The van der Waals surface area contributed by atoms with Gasteiger partial charge in [0.2, 0.25) is 5.91 Å². The third-order valence-electron chi connectivity index (χ3n) is 7.30. The Labute approximate surface area is 235 Å². The molecule has 0 spiro atoms. The molecule has 1 amide bonds. The van der Waals surface area contributed by atoms with Crippen molar-refractivity contribution in [2.24, 2.45) is 0 Å². The summed E-state index contributed by atoms with van der Waals surface area (Å²) >= 11 is 0. The van der Waals surface area contributed by atoms with Crippen molar-refractivity contribution in [2.75, 3.05) is 6.54 Å². The van der Waals surface area contributed by atoms with E-state index >= 15 is 0 Å². The number of hydrogen-bond acceptors (Lipinski definition) is 7. The molecule has 0 aliphatic carbocycles. The second-order valence-electron chi connectivity index (χ2n) is 10.1. The molecule has 1 aliphatic heterocycles. The first-order valence-corrected chi connectivity index (χ1v) is 13.4. The van der Waals surface area contributed by atoms with Gasteiger partial charge >= 0.3 is 0 Å². The van der Waals surface area contributed by atoms with Crippen molar-refractivity contribution >= 4 is 17.1 Å². The van der Waals surface area contributed by atoms with Crippen LogP contribution < -0.4 is 4.74 Å². The van der Waals surface area contributed by atoms with Gasteiger partial charge in [-0.25, -0.2) is 9.97 Å². The maximum Gasteiger partial charge on any atom is 0.257 e. The second-order valence-corrected chi connectivity index (χ2v) is 10.1. The number of rotatable bonds is 7. The van der Waals surface area contributed by atoms with Crippen molar-refractivity contribution in [2.45, 2.75) is 25.8 Å². The number of carbonyl (C=O) groups is 1. The Balaban J connectivity index is 1.19. The number of hydrogen-bond donors (Lipinski definition) is 1. The number of aryl methyl sites for hydroxylation is 1. The number of H-pyrrole nitrogens is 1. The quantitative estimate of drug-likeness (QED) is 0.252. The summed E-state index contributed by atoms with van der Waals surface area (Å²) in [5.41, 5.74) is 5.25. The number of pyridine rings is 1. The van der Waals surface area contributed by atoms with E-state index in [1.165, 1.54) is 5.56 Å². The molecule has 9 heteroatoms. The van der Waals surface area contributed by atoms with Gasteiger partial charge in [-0.1, -0.05) is 47.6 Å². The Morgan fingerprint density at radius 3 is 2.59 bits per heavy atom. The molecule has 1 atom stereocenters. The van der Waals surface area contributed by atoms with E-state index in [0.717, 1.165) is 22.2 Å². The van der Waals surface area contributed by atoms with Crippen molar-refractivity contribution in [3.63, 3.8) is 0 Å². The van der Waals surface area contributed by atoms with Crippen molar-refractivity contribution in [1.82, 2.24) is 30.0 Å². The number of benzene rings is 3. The van der Waals surface area contributed by atoms with E-state index in [1.54, 1.807) is 13.1 Å². The van der Waals surface area contributed by atoms with Crippen LogP contribution in [0.4, 0.5) is 0 Å². The van der Waals surface area contributed by atoms with Gasteiger partial charge in [-0.2, -0.15) is 4.98 Å². The van der Waals surface area contributed by atoms with E-state index < -0.39 is 0 Å². The molecule has 4 heterocycles. The number of likely N-dealkylation sites (tertiary alicyclic amines) is 1. The molecule has 9 nitrogen and oxygen atoms in total. The highest BCUT2D eigenvalue weighted by Gasteiger charge is 2.31. The van der Waals surface area contributed by atoms with Crippen LogP contribution in [0.15, 0.2) is 95.6 Å². The summed E-state index contributed by atoms with van der Waals surface area (Å²) in [5, 5.41) is 3.87. The van der Waals surface area contributed by atoms with Gasteiger partial charge in [-0.3, -0.25) is 4.79 Å². The molecule has 1 aliphatic rings. The van der Waals surface area contributed by atoms with Gasteiger partial charge in [0.15, 0.2) is 11.5 Å². The Bertz CT molecular complexity index is 1810. The summed E-state index contributed by atoms with van der Waals surface area (Å²) in [6, 6.07) is 27.5. The fourth-order valence-corrected chi connectivity index (χ4v) is 5.20. The summed E-state index contributed by atoms with van der Waals surface area (Å²) in [5.74, 6) is 3.33. The molecule has 3 aromatic heterocycles. The monoisotopic (exact) mass is 542 g/mol. The Morgan fingerprint density at radius 1 is 0.976 bits per heavy atom. The highest BCUT2D eigenvalue weighted by molar-refractivity contribution is 5.80. The highest BCUT2D eigenvalue weighted by Crippen LogP contribution is 2.35. The molecule has 0 radical (unpaired) electrons. The molecular weight excluding hydrogens is 516 g/mol. The van der Waals surface area contributed by atoms with E-state index in [4.69, 9.17) is 9.26 Å². The lowest BCUT2D eigenvalue weighted by molar-refractivity contribution is -0.128. The lowest BCUT2D eigenvalue weighted by Crippen LogP contribution is -2.24. The van der Waals surface area contributed by atoms with Crippen molar-refractivity contribution in [3.8, 4) is 34.3 Å². The van der Waals surface area contributed by atoms with Gasteiger partial charge in [0, 0.05) is 48.3 Å². The number of fused-ring (bicyclic) bond motifs is 1. The molecule has 41 heavy (non-hydrogen) atoms. The average molecular weight is 543 g/mol. The van der Waals surface area contributed by atoms with Crippen LogP contribution in [0, 0.1) is 6.92 Å². The molecule has 7 rings (SSSR count). The van der Waals surface area contributed by atoms with Gasteiger partial charge in [-0.05, 0) is 55.0 Å². The molecule has 1 unspecified atom stereocenters. The number of aromatic nitrogens is 5. The fourth-order valence-electron chi connectivity index (χ4n) is 5.20. The lowest BCUT2D eigenvalue weighted by atomic mass is 9.98. The molecule has 3 aromatic carbocycles. The molecular formula is C32H26N6O3. The zero-order valence-corrected chi connectivity index (χ0v) is 22.3. The van der Waals surface area contributed by atoms with E-state index in [0.29, 0.717) is 54.2 Å². The lowest BCUT2D eigenvalue weighted by Gasteiger charge is -2.20. The number of imidazole rings is 1. The normalized spacial score (nSPS) is 15.1. The third kappa shape index (κ3) is 5.05. The van der Waals surface area contributed by atoms with Crippen LogP contribution >= 0.6 is 0 Å². The SMILES string of the molecule is Cc1noc(-c2ccc(Oc3cc(-c4nc5ncccc5[nH]4)ccc3CN3CC(c4ccccc4)CC3=O)cc2)n1. The number of amides is 1. The van der Waals surface area contributed by atoms with Gasteiger partial charge in [-0.15, -0.1) is 0 Å². The van der Waals surface area contributed by atoms with Crippen molar-refractivity contribution < 1.29 is 14.1 Å². The standard InChI is InChI=1S/C32H26N6O3/c1-20-34-32(41-37-20)22-11-13-26(14-12-22)40-28-16-23(30-35-27-8-5-15-33-31(27)36-30)9-10-24(28)18-38-19-25(17-29(38)39)21-6-3-2-4-7-21/h2-16,25H,17-19H2,1H3,(H,33,35,36). The van der Waals surface area contributed by atoms with Crippen LogP contribution in [0.3, 0.4) is 0 Å². The zero-order valence-electron chi connectivity index (χ0n) is 22.3. The maximum absolute atomic E-state index is 13.0. The van der Waals surface area contributed by atoms with E-state index in [-0.39, 0.29) is 11.8 Å². The highest BCUT2D eigenvalue weighted by atomic mass is 16.5. The van der Waals surface area contributed by atoms with E-state index in [2.05, 4.69) is 37.2 Å². The molecule has 0 bridgehead atoms. The Morgan fingerprint density at radius 2 is 1.80 bits per heavy atom. The van der Waals surface area contributed by atoms with Gasteiger partial charge in [0.1, 0.15) is 17.3 Å². The molecule has 0 saturated carbocycles. The minimum atomic E-state index is 0.136. The van der Waals surface area contributed by atoms with E-state index in [9.17, 15) is 4.79 Å². The third-order valence-corrected chi connectivity index (χ3v) is 7.30. The summed E-state index contributed by atoms with van der Waals surface area (Å²) in [6.07, 6.45) is 2.22. The largest absolute Gasteiger partial charge is 0.457 e. The van der Waals surface area contributed by atoms with Crippen LogP contribution in [-0.4, -0.2) is 42.4 Å². The molecule has 202 valence electrons. The minimum absolute atomic E-state index is 0.136. The minimum Gasteiger partial charge on any atom is -0.457 e. The summed E-state index contributed by atoms with van der Waals surface area (Å²) in [4.78, 5) is 31.6. The molecule has 1 N–H and O–H groups in total. The molecule has 6 aromatic rings. The topological polar surface area (TPSA) is 110 Å². The first kappa shape index (κ1) is 24.7.